The topological polar surface area (TPSA) is 54.4 Å². The van der Waals surface area contributed by atoms with Crippen LogP contribution in [0.25, 0.3) is 17.0 Å². The molecule has 6 heteroatoms. The lowest BCUT2D eigenvalue weighted by atomic mass is 10.1. The number of amidine groups is 1. The van der Waals surface area contributed by atoms with E-state index in [1.165, 1.54) is 11.8 Å². The number of benzene rings is 2. The van der Waals surface area contributed by atoms with Gasteiger partial charge in [0.05, 0.1) is 17.0 Å². The standard InChI is InChI=1S/C20H14ClN3OS/c21-16-6-2-1-4-15(16)12-23-20-24-19(25)18(26-20)11-13-7-8-17-14(10-13)5-3-9-22-17/h1-11H,12H2,(H,23,24,25)/b18-11-. The fraction of sp³-hybridized carbons (Fsp3) is 0.0500. The summed E-state index contributed by atoms with van der Waals surface area (Å²) in [6.07, 6.45) is 3.63. The molecule has 0 aliphatic carbocycles. The van der Waals surface area contributed by atoms with E-state index >= 15 is 0 Å². The number of aliphatic imine (C=N–C) groups is 1. The second-order valence-electron chi connectivity index (χ2n) is 5.73. The zero-order valence-electron chi connectivity index (χ0n) is 13.6. The SMILES string of the molecule is O=C1NC(=NCc2ccccc2Cl)S/C1=C\c1ccc2ncccc2c1. The predicted octanol–water partition coefficient (Wildman–Crippen LogP) is 4.65. The Kier molecular flexibility index (Phi) is 4.73. The Balaban J connectivity index is 1.54. The molecule has 0 saturated carbocycles. The summed E-state index contributed by atoms with van der Waals surface area (Å²) in [7, 11) is 0. The molecule has 1 amide bonds. The Morgan fingerprint density at radius 3 is 2.92 bits per heavy atom. The number of amides is 1. The number of carbonyl (C=O) groups is 1. The van der Waals surface area contributed by atoms with Crippen LogP contribution in [0.1, 0.15) is 11.1 Å². The summed E-state index contributed by atoms with van der Waals surface area (Å²) in [5.74, 6) is -0.140. The fourth-order valence-electron chi connectivity index (χ4n) is 2.62. The van der Waals surface area contributed by atoms with E-state index in [-0.39, 0.29) is 5.91 Å². The minimum atomic E-state index is -0.140. The summed E-state index contributed by atoms with van der Waals surface area (Å²) in [5.41, 5.74) is 2.81. The van der Waals surface area contributed by atoms with Crippen LogP contribution in [0.5, 0.6) is 0 Å². The van der Waals surface area contributed by atoms with Crippen LogP contribution in [-0.4, -0.2) is 16.1 Å². The molecular formula is C20H14ClN3OS. The van der Waals surface area contributed by atoms with Gasteiger partial charge in [-0.2, -0.15) is 0 Å². The molecule has 4 nitrogen and oxygen atoms in total. The van der Waals surface area contributed by atoms with Crippen LogP contribution in [0.3, 0.4) is 0 Å². The van der Waals surface area contributed by atoms with Crippen molar-refractivity contribution in [2.24, 2.45) is 4.99 Å². The van der Waals surface area contributed by atoms with E-state index in [2.05, 4.69) is 15.3 Å². The molecule has 0 radical (unpaired) electrons. The molecule has 2 heterocycles. The average molecular weight is 380 g/mol. The number of hydrogen-bond acceptors (Lipinski definition) is 4. The van der Waals surface area contributed by atoms with E-state index < -0.39 is 0 Å². The largest absolute Gasteiger partial charge is 0.301 e. The van der Waals surface area contributed by atoms with Crippen molar-refractivity contribution in [1.29, 1.82) is 0 Å². The quantitative estimate of drug-likeness (QED) is 0.674. The Morgan fingerprint density at radius 2 is 2.04 bits per heavy atom. The molecule has 1 aliphatic heterocycles. The van der Waals surface area contributed by atoms with Crippen molar-refractivity contribution in [2.75, 3.05) is 0 Å². The molecule has 0 spiro atoms. The number of pyridine rings is 1. The summed E-state index contributed by atoms with van der Waals surface area (Å²) < 4.78 is 0. The van der Waals surface area contributed by atoms with Crippen LogP contribution in [0, 0.1) is 0 Å². The maximum absolute atomic E-state index is 12.2. The van der Waals surface area contributed by atoms with Crippen molar-refractivity contribution < 1.29 is 4.79 Å². The van der Waals surface area contributed by atoms with Crippen molar-refractivity contribution in [3.8, 4) is 0 Å². The number of fused-ring (bicyclic) bond motifs is 1. The monoisotopic (exact) mass is 379 g/mol. The number of thioether (sulfide) groups is 1. The molecule has 1 N–H and O–H groups in total. The highest BCUT2D eigenvalue weighted by Crippen LogP contribution is 2.27. The van der Waals surface area contributed by atoms with Crippen molar-refractivity contribution in [1.82, 2.24) is 10.3 Å². The number of carbonyl (C=O) groups excluding carboxylic acids is 1. The number of halogens is 1. The molecule has 26 heavy (non-hydrogen) atoms. The highest BCUT2D eigenvalue weighted by molar-refractivity contribution is 8.18. The van der Waals surface area contributed by atoms with E-state index in [1.807, 2.05) is 60.7 Å². The molecule has 3 aromatic rings. The number of aromatic nitrogens is 1. The number of nitrogens with zero attached hydrogens (tertiary/aromatic N) is 2. The van der Waals surface area contributed by atoms with Crippen molar-refractivity contribution >= 4 is 51.4 Å². The Bertz CT molecular complexity index is 1060. The summed E-state index contributed by atoms with van der Waals surface area (Å²) in [5, 5.41) is 5.10. The fourth-order valence-corrected chi connectivity index (χ4v) is 3.64. The molecule has 0 atom stereocenters. The summed E-state index contributed by atoms with van der Waals surface area (Å²) in [4.78, 5) is 21.6. The van der Waals surface area contributed by atoms with Gasteiger partial charge in [0, 0.05) is 16.6 Å². The van der Waals surface area contributed by atoms with Gasteiger partial charge in [0.15, 0.2) is 5.17 Å². The smallest absolute Gasteiger partial charge is 0.264 e. The third kappa shape index (κ3) is 3.64. The van der Waals surface area contributed by atoms with Gasteiger partial charge in [0.1, 0.15) is 0 Å². The van der Waals surface area contributed by atoms with E-state index in [9.17, 15) is 4.79 Å². The lowest BCUT2D eigenvalue weighted by Crippen LogP contribution is -2.19. The van der Waals surface area contributed by atoms with Gasteiger partial charge in [0.2, 0.25) is 0 Å². The summed E-state index contributed by atoms with van der Waals surface area (Å²) in [6.45, 7) is 0.428. The van der Waals surface area contributed by atoms with Crippen molar-refractivity contribution in [3.05, 3.63) is 81.8 Å². The molecule has 1 aromatic heterocycles. The predicted molar refractivity (Wildman–Crippen MR) is 108 cm³/mol. The van der Waals surface area contributed by atoms with Crippen LogP contribution < -0.4 is 5.32 Å². The van der Waals surface area contributed by atoms with Crippen LogP contribution >= 0.6 is 23.4 Å². The number of rotatable bonds is 3. The van der Waals surface area contributed by atoms with E-state index in [0.717, 1.165) is 22.0 Å². The van der Waals surface area contributed by atoms with E-state index in [0.29, 0.717) is 21.6 Å². The maximum atomic E-state index is 12.2. The second kappa shape index (κ2) is 7.32. The average Bonchev–Trinajstić information content (AvgIpc) is 3.00. The summed E-state index contributed by atoms with van der Waals surface area (Å²) in [6, 6.07) is 17.4. The van der Waals surface area contributed by atoms with Gasteiger partial charge in [-0.25, -0.2) is 0 Å². The molecule has 128 valence electrons. The van der Waals surface area contributed by atoms with Crippen LogP contribution in [-0.2, 0) is 11.3 Å². The first-order chi connectivity index (χ1) is 12.7. The van der Waals surface area contributed by atoms with Gasteiger partial charge < -0.3 is 5.32 Å². The van der Waals surface area contributed by atoms with Gasteiger partial charge in [0.25, 0.3) is 5.91 Å². The molecule has 0 unspecified atom stereocenters. The maximum Gasteiger partial charge on any atom is 0.264 e. The third-order valence-electron chi connectivity index (χ3n) is 3.93. The van der Waals surface area contributed by atoms with Crippen molar-refractivity contribution in [2.45, 2.75) is 6.54 Å². The van der Waals surface area contributed by atoms with Crippen LogP contribution in [0.4, 0.5) is 0 Å². The van der Waals surface area contributed by atoms with Crippen LogP contribution in [0.15, 0.2) is 70.7 Å². The van der Waals surface area contributed by atoms with Gasteiger partial charge in [-0.3, -0.25) is 14.8 Å². The molecule has 1 saturated heterocycles. The first-order valence-electron chi connectivity index (χ1n) is 8.02. The third-order valence-corrected chi connectivity index (χ3v) is 5.24. The molecule has 2 aromatic carbocycles. The Morgan fingerprint density at radius 1 is 1.15 bits per heavy atom. The lowest BCUT2D eigenvalue weighted by molar-refractivity contribution is -0.115. The molecule has 1 aliphatic rings. The van der Waals surface area contributed by atoms with Crippen LogP contribution in [0.2, 0.25) is 5.02 Å². The highest BCUT2D eigenvalue weighted by Gasteiger charge is 2.23. The zero-order valence-corrected chi connectivity index (χ0v) is 15.2. The highest BCUT2D eigenvalue weighted by atomic mass is 35.5. The number of hydrogen-bond donors (Lipinski definition) is 1. The molecular weight excluding hydrogens is 366 g/mol. The normalized spacial score (nSPS) is 17.2. The molecule has 1 fully saturated rings. The second-order valence-corrected chi connectivity index (χ2v) is 7.17. The zero-order chi connectivity index (χ0) is 17.9. The van der Waals surface area contributed by atoms with Gasteiger partial charge in [-0.15, -0.1) is 0 Å². The van der Waals surface area contributed by atoms with Gasteiger partial charge in [-0.05, 0) is 53.2 Å². The molecule has 0 bridgehead atoms. The number of nitrogens with one attached hydrogen (secondary N) is 1. The van der Waals surface area contributed by atoms with Crippen molar-refractivity contribution in [3.63, 3.8) is 0 Å². The van der Waals surface area contributed by atoms with Gasteiger partial charge in [-0.1, -0.05) is 41.9 Å². The lowest BCUT2D eigenvalue weighted by Gasteiger charge is -2.00. The Hall–Kier alpha value is -2.63. The van der Waals surface area contributed by atoms with E-state index in [4.69, 9.17) is 11.6 Å². The molecule has 4 rings (SSSR count). The minimum Gasteiger partial charge on any atom is -0.301 e. The van der Waals surface area contributed by atoms with E-state index in [1.54, 1.807) is 6.20 Å². The van der Waals surface area contributed by atoms with Gasteiger partial charge >= 0.3 is 0 Å². The first-order valence-corrected chi connectivity index (χ1v) is 9.22. The summed E-state index contributed by atoms with van der Waals surface area (Å²) >= 11 is 7.48. The first kappa shape index (κ1) is 16.8. The minimum absolute atomic E-state index is 0.140. The Labute approximate surface area is 160 Å².